The highest BCUT2D eigenvalue weighted by molar-refractivity contribution is 5.86. The van der Waals surface area contributed by atoms with Crippen LogP contribution in [0.2, 0.25) is 0 Å². The molecule has 1 rings (SSSR count). The largest absolute Gasteiger partial charge is 0.457 e. The number of rotatable bonds is 12. The zero-order valence-electron chi connectivity index (χ0n) is 14.9. The molecule has 0 unspecified atom stereocenters. The first-order valence-electron chi connectivity index (χ1n) is 9.04. The summed E-state index contributed by atoms with van der Waals surface area (Å²) < 4.78 is 5.14. The molecule has 0 atom stereocenters. The Morgan fingerprint density at radius 2 is 1.43 bits per heavy atom. The molecule has 0 N–H and O–H groups in total. The van der Waals surface area contributed by atoms with Gasteiger partial charge in [-0.15, -0.1) is 0 Å². The van der Waals surface area contributed by atoms with Gasteiger partial charge in [0, 0.05) is 5.57 Å². The molecule has 0 bridgehead atoms. The van der Waals surface area contributed by atoms with Crippen molar-refractivity contribution in [3.8, 4) is 0 Å². The second kappa shape index (κ2) is 11.9. The van der Waals surface area contributed by atoms with Gasteiger partial charge in [-0.25, -0.2) is 4.79 Å². The van der Waals surface area contributed by atoms with E-state index in [4.69, 9.17) is 4.74 Å². The molecule has 1 aromatic rings. The molecule has 0 heterocycles. The summed E-state index contributed by atoms with van der Waals surface area (Å²) in [4.78, 5) is 11.3. The molecule has 128 valence electrons. The lowest BCUT2D eigenvalue weighted by Gasteiger charge is -2.06. The number of esters is 1. The van der Waals surface area contributed by atoms with Gasteiger partial charge in [0.25, 0.3) is 0 Å². The van der Waals surface area contributed by atoms with Crippen LogP contribution < -0.4 is 0 Å². The van der Waals surface area contributed by atoms with Crippen molar-refractivity contribution in [1.82, 2.24) is 0 Å². The third kappa shape index (κ3) is 9.22. The summed E-state index contributed by atoms with van der Waals surface area (Å²) in [7, 11) is 0. The third-order valence-corrected chi connectivity index (χ3v) is 4.06. The Hall–Kier alpha value is -1.57. The van der Waals surface area contributed by atoms with Gasteiger partial charge >= 0.3 is 5.97 Å². The van der Waals surface area contributed by atoms with E-state index >= 15 is 0 Å². The van der Waals surface area contributed by atoms with Crippen LogP contribution in [0.5, 0.6) is 0 Å². The predicted molar refractivity (Wildman–Crippen MR) is 97.4 cm³/mol. The van der Waals surface area contributed by atoms with Crippen molar-refractivity contribution >= 4 is 5.97 Å². The molecule has 0 saturated carbocycles. The fourth-order valence-electron chi connectivity index (χ4n) is 2.54. The van der Waals surface area contributed by atoms with E-state index in [0.717, 1.165) is 12.0 Å². The van der Waals surface area contributed by atoms with E-state index in [1.54, 1.807) is 6.92 Å². The lowest BCUT2D eigenvalue weighted by Crippen LogP contribution is -2.04. The first-order valence-corrected chi connectivity index (χ1v) is 9.04. The summed E-state index contributed by atoms with van der Waals surface area (Å²) in [6, 6.07) is 8.38. The first kappa shape index (κ1) is 19.5. The molecule has 2 heteroatoms. The van der Waals surface area contributed by atoms with E-state index in [-0.39, 0.29) is 5.97 Å². The van der Waals surface area contributed by atoms with Gasteiger partial charge < -0.3 is 4.74 Å². The Labute approximate surface area is 141 Å². The van der Waals surface area contributed by atoms with Crippen molar-refractivity contribution in [3.05, 3.63) is 47.5 Å². The lowest BCUT2D eigenvalue weighted by atomic mass is 10.0. The maximum atomic E-state index is 11.3. The van der Waals surface area contributed by atoms with E-state index in [9.17, 15) is 4.79 Å². The molecule has 1 aromatic carbocycles. The number of benzene rings is 1. The molecule has 0 aliphatic carbocycles. The Morgan fingerprint density at radius 1 is 0.913 bits per heavy atom. The Morgan fingerprint density at radius 3 is 2.00 bits per heavy atom. The Bertz CT molecular complexity index is 459. The van der Waals surface area contributed by atoms with Gasteiger partial charge in [0.05, 0.1) is 0 Å². The van der Waals surface area contributed by atoms with Gasteiger partial charge in [0.2, 0.25) is 0 Å². The summed E-state index contributed by atoms with van der Waals surface area (Å²) in [5.41, 5.74) is 2.83. The number of aryl methyl sites for hydroxylation is 1. The van der Waals surface area contributed by atoms with Crippen LogP contribution in [0, 0.1) is 0 Å². The van der Waals surface area contributed by atoms with Gasteiger partial charge in [0.15, 0.2) is 0 Å². The molecule has 23 heavy (non-hydrogen) atoms. The molecule has 0 aromatic heterocycles. The lowest BCUT2D eigenvalue weighted by molar-refractivity contribution is -0.140. The topological polar surface area (TPSA) is 26.3 Å². The summed E-state index contributed by atoms with van der Waals surface area (Å²) in [5.74, 6) is -0.326. The van der Waals surface area contributed by atoms with E-state index in [1.165, 1.54) is 56.9 Å². The highest BCUT2D eigenvalue weighted by atomic mass is 16.5. The van der Waals surface area contributed by atoms with Gasteiger partial charge in [-0.05, 0) is 30.9 Å². The van der Waals surface area contributed by atoms with Gasteiger partial charge in [-0.1, -0.05) is 82.7 Å². The second-order valence-corrected chi connectivity index (χ2v) is 6.40. The molecule has 0 saturated heterocycles. The monoisotopic (exact) mass is 316 g/mol. The number of unbranched alkanes of at least 4 members (excludes halogenated alkanes) is 7. The van der Waals surface area contributed by atoms with Crippen molar-refractivity contribution in [2.24, 2.45) is 0 Å². The zero-order valence-corrected chi connectivity index (χ0v) is 14.9. The normalized spacial score (nSPS) is 10.5. The fraction of sp³-hybridized carbons (Fsp3) is 0.571. The van der Waals surface area contributed by atoms with Crippen molar-refractivity contribution in [1.29, 1.82) is 0 Å². The number of carbonyl (C=O) groups excluding carboxylic acids is 1. The molecule has 0 aliphatic heterocycles. The Kier molecular flexibility index (Phi) is 10.1. The third-order valence-electron chi connectivity index (χ3n) is 4.06. The summed E-state index contributed by atoms with van der Waals surface area (Å²) >= 11 is 0. The highest BCUT2D eigenvalue weighted by Gasteiger charge is 2.03. The number of hydrogen-bond donors (Lipinski definition) is 0. The maximum Gasteiger partial charge on any atom is 0.333 e. The van der Waals surface area contributed by atoms with Crippen LogP contribution in [0.25, 0.3) is 0 Å². The smallest absolute Gasteiger partial charge is 0.333 e. The van der Waals surface area contributed by atoms with Crippen molar-refractivity contribution in [2.75, 3.05) is 0 Å². The Balaban J connectivity index is 2.14. The summed E-state index contributed by atoms with van der Waals surface area (Å²) in [6.07, 6.45) is 12.0. The van der Waals surface area contributed by atoms with Crippen LogP contribution >= 0.6 is 0 Å². The molecule has 0 radical (unpaired) electrons. The van der Waals surface area contributed by atoms with Crippen LogP contribution in [0.3, 0.4) is 0 Å². The second-order valence-electron chi connectivity index (χ2n) is 6.40. The van der Waals surface area contributed by atoms with E-state index in [2.05, 4.69) is 25.6 Å². The van der Waals surface area contributed by atoms with Crippen LogP contribution in [-0.2, 0) is 22.6 Å². The molecule has 0 fully saturated rings. The quantitative estimate of drug-likeness (QED) is 0.269. The summed E-state index contributed by atoms with van der Waals surface area (Å²) in [5, 5.41) is 0. The van der Waals surface area contributed by atoms with Gasteiger partial charge in [-0.3, -0.25) is 0 Å². The first-order chi connectivity index (χ1) is 11.1. The number of hydrogen-bond acceptors (Lipinski definition) is 2. The maximum absolute atomic E-state index is 11.3. The molecule has 0 spiro atoms. The van der Waals surface area contributed by atoms with Crippen LogP contribution in [-0.4, -0.2) is 5.97 Å². The zero-order chi connectivity index (χ0) is 16.9. The van der Waals surface area contributed by atoms with Crippen molar-refractivity contribution < 1.29 is 9.53 Å². The minimum absolute atomic E-state index is 0.323. The van der Waals surface area contributed by atoms with Crippen LogP contribution in [0.4, 0.5) is 0 Å². The van der Waals surface area contributed by atoms with E-state index in [0.29, 0.717) is 12.2 Å². The number of ether oxygens (including phenoxy) is 1. The van der Waals surface area contributed by atoms with Gasteiger partial charge in [0.1, 0.15) is 6.61 Å². The SMILES string of the molecule is C=C(C)C(=O)OCc1ccc(CCCCCCCCCC)cc1. The van der Waals surface area contributed by atoms with Crippen molar-refractivity contribution in [2.45, 2.75) is 78.2 Å². The van der Waals surface area contributed by atoms with Crippen LogP contribution in [0.15, 0.2) is 36.4 Å². The molecular formula is C21H32O2. The van der Waals surface area contributed by atoms with E-state index < -0.39 is 0 Å². The predicted octanol–water partition coefficient (Wildman–Crippen LogP) is 5.99. The standard InChI is InChI=1S/C21H32O2/c1-4-5-6-7-8-9-10-11-12-19-13-15-20(16-14-19)17-23-21(22)18(2)3/h13-16H,2,4-12,17H2,1,3H3. The molecule has 0 aliphatic rings. The fourth-order valence-corrected chi connectivity index (χ4v) is 2.54. The van der Waals surface area contributed by atoms with Crippen LogP contribution in [0.1, 0.15) is 76.3 Å². The minimum atomic E-state index is -0.326. The average Bonchev–Trinajstić information content (AvgIpc) is 2.56. The molecule has 2 nitrogen and oxygen atoms in total. The molecular weight excluding hydrogens is 284 g/mol. The van der Waals surface area contributed by atoms with Crippen molar-refractivity contribution in [3.63, 3.8) is 0 Å². The average molecular weight is 316 g/mol. The highest BCUT2D eigenvalue weighted by Crippen LogP contribution is 2.13. The van der Waals surface area contributed by atoms with E-state index in [1.807, 2.05) is 12.1 Å². The van der Waals surface area contributed by atoms with Gasteiger partial charge in [-0.2, -0.15) is 0 Å². The number of carbonyl (C=O) groups is 1. The molecule has 0 amide bonds. The summed E-state index contributed by atoms with van der Waals surface area (Å²) in [6.45, 7) is 7.82. The minimum Gasteiger partial charge on any atom is -0.457 e.